The van der Waals surface area contributed by atoms with Crippen LogP contribution < -0.4 is 16.0 Å². The molecule has 0 spiro atoms. The van der Waals surface area contributed by atoms with E-state index in [9.17, 15) is 4.79 Å². The van der Waals surface area contributed by atoms with E-state index in [4.69, 9.17) is 10.7 Å². The number of pyridine rings is 2. The van der Waals surface area contributed by atoms with Crippen molar-refractivity contribution in [3.05, 3.63) is 120 Å². The number of para-hydroxylation sites is 1. The van der Waals surface area contributed by atoms with Crippen molar-refractivity contribution in [2.24, 2.45) is 10.7 Å². The first-order valence-corrected chi connectivity index (χ1v) is 11.0. The number of carbonyl (C=O) groups excluding carboxylic acids is 1. The van der Waals surface area contributed by atoms with Gasteiger partial charge in [0.15, 0.2) is 5.66 Å². The van der Waals surface area contributed by atoms with Crippen LogP contribution in [0, 0.1) is 0 Å². The summed E-state index contributed by atoms with van der Waals surface area (Å²) in [5.74, 6) is 1.02. The van der Waals surface area contributed by atoms with Gasteiger partial charge in [-0.05, 0) is 29.8 Å². The van der Waals surface area contributed by atoms with Crippen LogP contribution in [0.1, 0.15) is 22.3 Å². The number of benzene rings is 2. The Kier molecular flexibility index (Phi) is 5.51. The van der Waals surface area contributed by atoms with Crippen LogP contribution in [-0.4, -0.2) is 28.8 Å². The van der Waals surface area contributed by atoms with E-state index in [1.165, 1.54) is 0 Å². The van der Waals surface area contributed by atoms with E-state index in [2.05, 4.69) is 38.4 Å². The minimum atomic E-state index is -0.896. The first kappa shape index (κ1) is 21.3. The van der Waals surface area contributed by atoms with Crippen LogP contribution in [0.15, 0.2) is 102 Å². The Balaban J connectivity index is 1.76. The minimum absolute atomic E-state index is 0.113. The Morgan fingerprint density at radius 1 is 1.00 bits per heavy atom. The van der Waals surface area contributed by atoms with E-state index in [0.29, 0.717) is 5.84 Å². The summed E-state index contributed by atoms with van der Waals surface area (Å²) in [7, 11) is 2.00. The monoisotopic (exact) mass is 448 g/mol. The largest absolute Gasteiger partial charge is 0.369 e. The lowest BCUT2D eigenvalue weighted by Gasteiger charge is -2.44. The maximum atomic E-state index is 11.5. The van der Waals surface area contributed by atoms with Crippen LogP contribution in [0.2, 0.25) is 0 Å². The fraction of sp³-hybridized carbons (Fsp3) is 0.111. The standard InChI is InChI=1S/C27H24N6O/c1-33(25-13-7-8-14-30-25)27(21-9-3-2-4-10-21)22-11-5-6-12-23(22)31-26(32-27)20-15-19(16-24(28)34)17-29-18-20/h2-15,17-18H,16H2,1H3,(H2,28,34)(H,31,32). The quantitative estimate of drug-likeness (QED) is 0.469. The van der Waals surface area contributed by atoms with Crippen LogP contribution in [0.3, 0.4) is 0 Å². The molecular weight excluding hydrogens is 424 g/mol. The Bertz CT molecular complexity index is 1360. The van der Waals surface area contributed by atoms with Crippen molar-refractivity contribution in [3.63, 3.8) is 0 Å². The zero-order chi connectivity index (χ0) is 23.5. The Morgan fingerprint density at radius 2 is 1.76 bits per heavy atom. The molecule has 2 aromatic carbocycles. The van der Waals surface area contributed by atoms with E-state index in [1.807, 2.05) is 67.7 Å². The van der Waals surface area contributed by atoms with Crippen molar-refractivity contribution in [2.45, 2.75) is 12.1 Å². The van der Waals surface area contributed by atoms with Crippen LogP contribution >= 0.6 is 0 Å². The number of nitrogens with one attached hydrogen (secondary N) is 1. The third-order valence-corrected chi connectivity index (χ3v) is 5.93. The number of primary amides is 1. The predicted octanol–water partition coefficient (Wildman–Crippen LogP) is 3.71. The molecule has 3 N–H and O–H groups in total. The number of fused-ring (bicyclic) bond motifs is 1. The molecule has 0 bridgehead atoms. The molecule has 168 valence electrons. The zero-order valence-corrected chi connectivity index (χ0v) is 18.7. The lowest BCUT2D eigenvalue weighted by Crippen LogP contribution is -2.48. The highest BCUT2D eigenvalue weighted by Crippen LogP contribution is 2.44. The predicted molar refractivity (Wildman–Crippen MR) is 134 cm³/mol. The van der Waals surface area contributed by atoms with Gasteiger partial charge in [-0.15, -0.1) is 0 Å². The molecule has 1 aliphatic heterocycles. The van der Waals surface area contributed by atoms with Crippen molar-refractivity contribution in [2.75, 3.05) is 17.3 Å². The molecule has 2 aromatic heterocycles. The number of rotatable bonds is 6. The molecule has 0 fully saturated rings. The molecule has 0 aliphatic carbocycles. The van der Waals surface area contributed by atoms with Crippen molar-refractivity contribution in [1.29, 1.82) is 0 Å². The number of hydrogen-bond acceptors (Lipinski definition) is 6. The minimum Gasteiger partial charge on any atom is -0.369 e. The number of hydrogen-bond donors (Lipinski definition) is 2. The summed E-state index contributed by atoms with van der Waals surface area (Å²) >= 11 is 0. The van der Waals surface area contributed by atoms with E-state index in [0.717, 1.165) is 33.8 Å². The van der Waals surface area contributed by atoms with Crippen molar-refractivity contribution >= 4 is 23.2 Å². The van der Waals surface area contributed by atoms with Gasteiger partial charge in [0, 0.05) is 48.0 Å². The van der Waals surface area contributed by atoms with Gasteiger partial charge in [-0.2, -0.15) is 0 Å². The van der Waals surface area contributed by atoms with Crippen LogP contribution in [0.5, 0.6) is 0 Å². The first-order valence-electron chi connectivity index (χ1n) is 11.0. The van der Waals surface area contributed by atoms with Gasteiger partial charge in [0.1, 0.15) is 11.7 Å². The van der Waals surface area contributed by atoms with Crippen molar-refractivity contribution in [3.8, 4) is 0 Å². The van der Waals surface area contributed by atoms with E-state index in [1.54, 1.807) is 18.6 Å². The summed E-state index contributed by atoms with van der Waals surface area (Å²) in [4.78, 5) is 27.9. The summed E-state index contributed by atoms with van der Waals surface area (Å²) in [6, 6.07) is 26.0. The lowest BCUT2D eigenvalue weighted by molar-refractivity contribution is -0.117. The molecule has 5 rings (SSSR count). The van der Waals surface area contributed by atoms with Crippen LogP contribution in [0.25, 0.3) is 0 Å². The maximum Gasteiger partial charge on any atom is 0.221 e. The van der Waals surface area contributed by atoms with Gasteiger partial charge in [-0.1, -0.05) is 54.6 Å². The average molecular weight is 449 g/mol. The molecule has 1 amide bonds. The summed E-state index contributed by atoms with van der Waals surface area (Å²) in [6.45, 7) is 0. The third kappa shape index (κ3) is 3.77. The second kappa shape index (κ2) is 8.78. The Morgan fingerprint density at radius 3 is 2.53 bits per heavy atom. The molecule has 3 heterocycles. The van der Waals surface area contributed by atoms with E-state index >= 15 is 0 Å². The second-order valence-corrected chi connectivity index (χ2v) is 8.14. The van der Waals surface area contributed by atoms with E-state index in [-0.39, 0.29) is 6.42 Å². The zero-order valence-electron chi connectivity index (χ0n) is 18.7. The average Bonchev–Trinajstić information content (AvgIpc) is 2.88. The smallest absolute Gasteiger partial charge is 0.221 e. The molecule has 1 atom stereocenters. The highest BCUT2D eigenvalue weighted by atomic mass is 16.1. The lowest BCUT2D eigenvalue weighted by atomic mass is 9.87. The Labute approximate surface area is 198 Å². The third-order valence-electron chi connectivity index (χ3n) is 5.93. The van der Waals surface area contributed by atoms with Gasteiger partial charge in [0.05, 0.1) is 6.42 Å². The normalized spacial score (nSPS) is 16.7. The van der Waals surface area contributed by atoms with Crippen LogP contribution in [0.4, 0.5) is 11.5 Å². The highest BCUT2D eigenvalue weighted by molar-refractivity contribution is 6.10. The molecule has 7 heteroatoms. The van der Waals surface area contributed by atoms with E-state index < -0.39 is 11.6 Å². The molecule has 7 nitrogen and oxygen atoms in total. The molecule has 1 unspecified atom stereocenters. The van der Waals surface area contributed by atoms with Crippen molar-refractivity contribution in [1.82, 2.24) is 9.97 Å². The highest BCUT2D eigenvalue weighted by Gasteiger charge is 2.44. The molecule has 1 aliphatic rings. The molecule has 0 saturated heterocycles. The van der Waals surface area contributed by atoms with Gasteiger partial charge < -0.3 is 16.0 Å². The number of amidine groups is 1. The van der Waals surface area contributed by atoms with Crippen molar-refractivity contribution < 1.29 is 4.79 Å². The fourth-order valence-electron chi connectivity index (χ4n) is 4.38. The summed E-state index contributed by atoms with van der Waals surface area (Å²) in [6.07, 6.45) is 5.28. The molecule has 34 heavy (non-hydrogen) atoms. The van der Waals surface area contributed by atoms with Gasteiger partial charge >= 0.3 is 0 Å². The number of amides is 1. The van der Waals surface area contributed by atoms with Gasteiger partial charge in [-0.3, -0.25) is 9.78 Å². The molecule has 0 radical (unpaired) electrons. The molecular formula is C27H24N6O. The number of anilines is 2. The number of aromatic nitrogens is 2. The summed E-state index contributed by atoms with van der Waals surface area (Å²) < 4.78 is 0. The fourth-order valence-corrected chi connectivity index (χ4v) is 4.38. The van der Waals surface area contributed by atoms with Crippen LogP contribution in [-0.2, 0) is 16.9 Å². The number of carbonyl (C=O) groups is 1. The maximum absolute atomic E-state index is 11.5. The molecule has 4 aromatic rings. The Hall–Kier alpha value is -4.52. The van der Waals surface area contributed by atoms with Gasteiger partial charge in [0.25, 0.3) is 0 Å². The number of nitrogens with two attached hydrogens (primary N) is 1. The van der Waals surface area contributed by atoms with Gasteiger partial charge in [-0.25, -0.2) is 9.98 Å². The SMILES string of the molecule is CN(c1ccccn1)C1(c2ccccc2)N=C(c2cncc(CC(N)=O)c2)Nc2ccccc21. The number of nitrogens with zero attached hydrogens (tertiary/aromatic N) is 4. The second-order valence-electron chi connectivity index (χ2n) is 8.14. The summed E-state index contributed by atoms with van der Waals surface area (Å²) in [5, 5.41) is 3.47. The van der Waals surface area contributed by atoms with Gasteiger partial charge in [0.2, 0.25) is 5.91 Å². The topological polar surface area (TPSA) is 96.5 Å². The summed E-state index contributed by atoms with van der Waals surface area (Å²) in [5.41, 5.74) is 8.94. The first-order chi connectivity index (χ1) is 16.6. The molecule has 0 saturated carbocycles. The number of aliphatic imine (C=N–C) groups is 1.